The number of hydrogen-bond donors (Lipinski definition) is 0. The Bertz CT molecular complexity index is 870. The van der Waals surface area contributed by atoms with Crippen LogP contribution >= 0.6 is 0 Å². The molecule has 2 aromatic rings. The third kappa shape index (κ3) is 2.90. The van der Waals surface area contributed by atoms with E-state index < -0.39 is 0 Å². The van der Waals surface area contributed by atoms with Gasteiger partial charge in [0.2, 0.25) is 0 Å². The molecule has 1 fully saturated rings. The molecule has 0 N–H and O–H groups in total. The summed E-state index contributed by atoms with van der Waals surface area (Å²) in [7, 11) is 4.06. The summed E-state index contributed by atoms with van der Waals surface area (Å²) in [6.07, 6.45) is 3.29. The first-order valence-corrected chi connectivity index (χ1v) is 8.85. The Labute approximate surface area is 148 Å². The summed E-state index contributed by atoms with van der Waals surface area (Å²) in [5.41, 5.74) is 4.77. The maximum atomic E-state index is 5.08. The molecule has 0 saturated carbocycles. The Hall–Kier alpha value is -2.37. The number of rotatable bonds is 2. The van der Waals surface area contributed by atoms with Crippen molar-refractivity contribution in [3.05, 3.63) is 35.5 Å². The van der Waals surface area contributed by atoms with Crippen molar-refractivity contribution in [2.75, 3.05) is 20.3 Å². The van der Waals surface area contributed by atoms with Gasteiger partial charge in [0.1, 0.15) is 11.4 Å². The van der Waals surface area contributed by atoms with Crippen molar-refractivity contribution in [1.82, 2.24) is 24.8 Å². The molecule has 1 aromatic carbocycles. The first-order valence-electron chi connectivity index (χ1n) is 8.85. The highest BCUT2D eigenvalue weighted by Gasteiger charge is 2.33. The van der Waals surface area contributed by atoms with Crippen LogP contribution in [0.2, 0.25) is 0 Å². The molecule has 0 aliphatic carbocycles. The van der Waals surface area contributed by atoms with Gasteiger partial charge >= 0.3 is 0 Å². The normalized spacial score (nSPS) is 20.8. The second kappa shape index (κ2) is 5.58. The molecule has 132 valence electrons. The van der Waals surface area contributed by atoms with Crippen molar-refractivity contribution >= 4 is 16.9 Å². The molecule has 1 unspecified atom stereocenters. The standard InChI is InChI=1S/C19H26N6/c1-19(2,3)11-25-12-23(4)18-16(25)9-8-14(20-18)13-6-7-15-17(10-13)24(5)22-21-15/h6-7,9-10,14H,8,11-12H2,1-5H3. The summed E-state index contributed by atoms with van der Waals surface area (Å²) < 4.78 is 1.82. The summed E-state index contributed by atoms with van der Waals surface area (Å²) in [5, 5.41) is 8.26. The molecule has 2 aliphatic rings. The second-order valence-corrected chi connectivity index (χ2v) is 8.35. The first kappa shape index (κ1) is 16.1. The molecule has 3 heterocycles. The van der Waals surface area contributed by atoms with Crippen molar-refractivity contribution in [2.45, 2.75) is 33.2 Å². The molecule has 25 heavy (non-hydrogen) atoms. The van der Waals surface area contributed by atoms with Gasteiger partial charge in [0.15, 0.2) is 0 Å². The molecular weight excluding hydrogens is 312 g/mol. The van der Waals surface area contributed by atoms with E-state index in [4.69, 9.17) is 4.99 Å². The summed E-state index contributed by atoms with van der Waals surface area (Å²) in [6, 6.07) is 6.51. The topological polar surface area (TPSA) is 49.6 Å². The molecule has 0 bridgehead atoms. The van der Waals surface area contributed by atoms with Crippen LogP contribution in [0.25, 0.3) is 11.0 Å². The van der Waals surface area contributed by atoms with E-state index in [1.165, 1.54) is 11.3 Å². The highest BCUT2D eigenvalue weighted by Crippen LogP contribution is 2.34. The number of aromatic nitrogens is 3. The fourth-order valence-corrected chi connectivity index (χ4v) is 3.72. The average Bonchev–Trinajstić information content (AvgIpc) is 3.06. The largest absolute Gasteiger partial charge is 0.351 e. The average molecular weight is 338 g/mol. The maximum absolute atomic E-state index is 5.08. The van der Waals surface area contributed by atoms with E-state index >= 15 is 0 Å². The van der Waals surface area contributed by atoms with Gasteiger partial charge in [-0.3, -0.25) is 4.99 Å². The van der Waals surface area contributed by atoms with Crippen LogP contribution in [0.1, 0.15) is 38.8 Å². The Kier molecular flexibility index (Phi) is 3.60. The van der Waals surface area contributed by atoms with Gasteiger partial charge in [0, 0.05) is 20.6 Å². The number of fused-ring (bicyclic) bond motifs is 2. The van der Waals surface area contributed by atoms with E-state index in [9.17, 15) is 0 Å². The lowest BCUT2D eigenvalue weighted by Gasteiger charge is -2.28. The molecule has 0 radical (unpaired) electrons. The molecular formula is C19H26N6. The van der Waals surface area contributed by atoms with E-state index in [0.717, 1.165) is 36.5 Å². The quantitative estimate of drug-likeness (QED) is 0.845. The fraction of sp³-hybridized carbons (Fsp3) is 0.526. The predicted octanol–water partition coefficient (Wildman–Crippen LogP) is 2.95. The lowest BCUT2D eigenvalue weighted by Crippen LogP contribution is -2.31. The van der Waals surface area contributed by atoms with Gasteiger partial charge in [-0.05, 0) is 29.5 Å². The number of amidine groups is 1. The van der Waals surface area contributed by atoms with Crippen molar-refractivity contribution in [3.63, 3.8) is 0 Å². The van der Waals surface area contributed by atoms with Crippen LogP contribution < -0.4 is 0 Å². The lowest BCUT2D eigenvalue weighted by atomic mass is 9.95. The van der Waals surface area contributed by atoms with Crippen molar-refractivity contribution in [2.24, 2.45) is 17.5 Å². The summed E-state index contributed by atoms with van der Waals surface area (Å²) in [5.74, 6) is 1.11. The second-order valence-electron chi connectivity index (χ2n) is 8.35. The number of hydrogen-bond acceptors (Lipinski definition) is 5. The first-order chi connectivity index (χ1) is 11.8. The molecule has 0 amide bonds. The maximum Gasteiger partial charge on any atom is 0.149 e. The number of likely N-dealkylation sites (N-methyl/N-ethyl adjacent to an activating group) is 1. The minimum absolute atomic E-state index is 0.162. The van der Waals surface area contributed by atoms with Gasteiger partial charge < -0.3 is 9.80 Å². The third-order valence-electron chi connectivity index (χ3n) is 4.81. The van der Waals surface area contributed by atoms with Gasteiger partial charge in [-0.15, -0.1) is 5.10 Å². The van der Waals surface area contributed by atoms with Gasteiger partial charge in [0.05, 0.1) is 23.9 Å². The number of aryl methyl sites for hydroxylation is 1. The number of aliphatic imine (C=N–C) groups is 1. The van der Waals surface area contributed by atoms with Crippen molar-refractivity contribution in [3.8, 4) is 0 Å². The van der Waals surface area contributed by atoms with Crippen molar-refractivity contribution < 1.29 is 0 Å². The summed E-state index contributed by atoms with van der Waals surface area (Å²) in [6.45, 7) is 8.81. The summed E-state index contributed by atoms with van der Waals surface area (Å²) >= 11 is 0. The van der Waals surface area contributed by atoms with Crippen LogP contribution in [0.3, 0.4) is 0 Å². The zero-order valence-corrected chi connectivity index (χ0v) is 15.7. The molecule has 0 spiro atoms. The van der Waals surface area contributed by atoms with Crippen molar-refractivity contribution in [1.29, 1.82) is 0 Å². The monoisotopic (exact) mass is 338 g/mol. The Balaban J connectivity index is 1.63. The van der Waals surface area contributed by atoms with Crippen LogP contribution in [0.5, 0.6) is 0 Å². The van der Waals surface area contributed by atoms with Gasteiger partial charge in [-0.25, -0.2) is 4.68 Å². The third-order valence-corrected chi connectivity index (χ3v) is 4.81. The minimum atomic E-state index is 0.162. The molecule has 1 saturated heterocycles. The SMILES string of the molecule is CN1CN(CC(C)(C)C)C2=CCC(c3ccc4nnn(C)c4c3)N=C21. The van der Waals surface area contributed by atoms with E-state index in [1.54, 1.807) is 0 Å². The molecule has 4 rings (SSSR count). The molecule has 6 nitrogen and oxygen atoms in total. The minimum Gasteiger partial charge on any atom is -0.351 e. The number of nitrogens with zero attached hydrogens (tertiary/aromatic N) is 6. The van der Waals surface area contributed by atoms with E-state index in [0.29, 0.717) is 0 Å². The van der Waals surface area contributed by atoms with Gasteiger partial charge in [-0.1, -0.05) is 38.1 Å². The van der Waals surface area contributed by atoms with Crippen LogP contribution in [0, 0.1) is 5.41 Å². The molecule has 1 aromatic heterocycles. The Morgan fingerprint density at radius 2 is 2.00 bits per heavy atom. The van der Waals surface area contributed by atoms with E-state index in [1.807, 2.05) is 17.8 Å². The van der Waals surface area contributed by atoms with E-state index in [2.05, 4.69) is 66.1 Å². The highest BCUT2D eigenvalue weighted by molar-refractivity contribution is 6.00. The predicted molar refractivity (Wildman–Crippen MR) is 100 cm³/mol. The summed E-state index contributed by atoms with van der Waals surface area (Å²) in [4.78, 5) is 9.78. The molecule has 1 atom stereocenters. The lowest BCUT2D eigenvalue weighted by molar-refractivity contribution is 0.222. The molecule has 6 heteroatoms. The van der Waals surface area contributed by atoms with Crippen LogP contribution in [0.15, 0.2) is 35.0 Å². The van der Waals surface area contributed by atoms with Crippen LogP contribution in [-0.2, 0) is 7.05 Å². The highest BCUT2D eigenvalue weighted by atomic mass is 15.4. The van der Waals surface area contributed by atoms with Crippen LogP contribution in [0.4, 0.5) is 0 Å². The van der Waals surface area contributed by atoms with E-state index in [-0.39, 0.29) is 11.5 Å². The molecule has 2 aliphatic heterocycles. The Morgan fingerprint density at radius 1 is 1.20 bits per heavy atom. The zero-order valence-electron chi connectivity index (χ0n) is 15.7. The fourth-order valence-electron chi connectivity index (χ4n) is 3.72. The number of benzene rings is 1. The van der Waals surface area contributed by atoms with Gasteiger partial charge in [-0.2, -0.15) is 0 Å². The van der Waals surface area contributed by atoms with Crippen LogP contribution in [-0.4, -0.2) is 50.9 Å². The Morgan fingerprint density at radius 3 is 2.76 bits per heavy atom. The zero-order chi connectivity index (χ0) is 17.8. The van der Waals surface area contributed by atoms with Gasteiger partial charge in [0.25, 0.3) is 0 Å². The smallest absolute Gasteiger partial charge is 0.149 e. The number of dihydropyridines is 1.